The molecule has 1 N–H and O–H groups in total. The molecule has 10 heteroatoms. The summed E-state index contributed by atoms with van der Waals surface area (Å²) < 4.78 is 27.1. The summed E-state index contributed by atoms with van der Waals surface area (Å²) in [6, 6.07) is 2.75. The molecule has 0 aromatic heterocycles. The third-order valence-corrected chi connectivity index (χ3v) is 7.55. The van der Waals surface area contributed by atoms with E-state index in [1.54, 1.807) is 4.90 Å². The van der Waals surface area contributed by atoms with E-state index in [1.165, 1.54) is 30.6 Å². The zero-order chi connectivity index (χ0) is 20.5. The summed E-state index contributed by atoms with van der Waals surface area (Å²) in [6.45, 7) is 3.36. The van der Waals surface area contributed by atoms with Gasteiger partial charge in [0.25, 0.3) is 10.0 Å². The Morgan fingerprint density at radius 1 is 1.21 bits per heavy atom. The molecular formula is C18H21Cl2N3O4S. The van der Waals surface area contributed by atoms with Crippen molar-refractivity contribution in [3.8, 4) is 0 Å². The minimum Gasteiger partial charge on any atom is -0.343 e. The van der Waals surface area contributed by atoms with Crippen molar-refractivity contribution in [1.82, 2.24) is 14.5 Å². The smallest absolute Gasteiger partial charge is 0.264 e. The quantitative estimate of drug-likeness (QED) is 0.771. The van der Waals surface area contributed by atoms with Gasteiger partial charge in [-0.1, -0.05) is 30.1 Å². The van der Waals surface area contributed by atoms with Gasteiger partial charge in [0.1, 0.15) is 6.04 Å². The second kappa shape index (κ2) is 8.31. The van der Waals surface area contributed by atoms with Crippen LogP contribution in [0.3, 0.4) is 0 Å². The molecular weight excluding hydrogens is 425 g/mol. The third kappa shape index (κ3) is 4.29. The molecule has 28 heavy (non-hydrogen) atoms. The fourth-order valence-electron chi connectivity index (χ4n) is 3.25. The van der Waals surface area contributed by atoms with E-state index in [0.29, 0.717) is 19.0 Å². The number of hydrogen-bond acceptors (Lipinski definition) is 4. The van der Waals surface area contributed by atoms with Crippen molar-refractivity contribution in [2.75, 3.05) is 13.1 Å². The average molecular weight is 446 g/mol. The normalized spacial score (nSPS) is 21.0. The Hall–Kier alpha value is -1.77. The lowest BCUT2D eigenvalue weighted by molar-refractivity contribution is -0.136. The van der Waals surface area contributed by atoms with Crippen LogP contribution in [0.15, 0.2) is 35.5 Å². The van der Waals surface area contributed by atoms with Crippen molar-refractivity contribution >= 4 is 45.0 Å². The van der Waals surface area contributed by atoms with E-state index >= 15 is 0 Å². The molecule has 0 aliphatic carbocycles. The molecule has 0 bridgehead atoms. The van der Waals surface area contributed by atoms with Gasteiger partial charge in [0, 0.05) is 25.5 Å². The van der Waals surface area contributed by atoms with Crippen molar-refractivity contribution in [2.24, 2.45) is 5.92 Å². The molecule has 2 aliphatic rings. The lowest BCUT2D eigenvalue weighted by atomic mass is 9.98. The summed E-state index contributed by atoms with van der Waals surface area (Å²) in [5.41, 5.74) is 0. The SMILES string of the molecule is CC1CCN(C(=O)C[C@@H]2C(=O)NC=CN2S(=O)(=O)c2ccc(Cl)c(Cl)c2)CC1. The summed E-state index contributed by atoms with van der Waals surface area (Å²) in [4.78, 5) is 26.7. The predicted octanol–water partition coefficient (Wildman–Crippen LogP) is 2.60. The summed E-state index contributed by atoms with van der Waals surface area (Å²) in [5.74, 6) is -0.238. The number of nitrogens with one attached hydrogen (secondary N) is 1. The number of piperidine rings is 1. The van der Waals surface area contributed by atoms with Crippen LogP contribution in [0.5, 0.6) is 0 Å². The zero-order valence-corrected chi connectivity index (χ0v) is 17.6. The van der Waals surface area contributed by atoms with Crippen LogP contribution in [0.2, 0.25) is 10.0 Å². The van der Waals surface area contributed by atoms with Gasteiger partial charge in [-0.15, -0.1) is 0 Å². The molecule has 0 unspecified atom stereocenters. The molecule has 2 aliphatic heterocycles. The Balaban J connectivity index is 1.84. The molecule has 0 radical (unpaired) electrons. The van der Waals surface area contributed by atoms with Crippen molar-refractivity contribution < 1.29 is 18.0 Å². The van der Waals surface area contributed by atoms with Gasteiger partial charge in [-0.3, -0.25) is 13.9 Å². The first-order valence-corrected chi connectivity index (χ1v) is 11.1. The average Bonchev–Trinajstić information content (AvgIpc) is 2.65. The topological polar surface area (TPSA) is 86.8 Å². The molecule has 1 aromatic carbocycles. The fourth-order valence-corrected chi connectivity index (χ4v) is 5.09. The standard InChI is InChI=1S/C18H21Cl2N3O4S/c1-12-4-7-22(8-5-12)17(24)11-16-18(25)21-6-9-23(16)28(26,27)13-2-3-14(19)15(20)10-13/h2-3,6,9-10,12,16H,4-5,7-8,11H2,1H3,(H,21,25)/t16-/m1/s1. The number of carbonyl (C=O) groups excluding carboxylic acids is 2. The number of rotatable bonds is 4. The molecule has 1 saturated heterocycles. The first-order valence-electron chi connectivity index (χ1n) is 8.93. The Morgan fingerprint density at radius 3 is 2.54 bits per heavy atom. The van der Waals surface area contributed by atoms with Crippen molar-refractivity contribution in [3.63, 3.8) is 0 Å². The second-order valence-electron chi connectivity index (χ2n) is 7.02. The number of halogens is 2. The van der Waals surface area contributed by atoms with Crippen molar-refractivity contribution in [3.05, 3.63) is 40.6 Å². The van der Waals surface area contributed by atoms with Gasteiger partial charge in [-0.2, -0.15) is 0 Å². The Morgan fingerprint density at radius 2 is 1.89 bits per heavy atom. The molecule has 1 atom stereocenters. The maximum Gasteiger partial charge on any atom is 0.264 e. The molecule has 1 aromatic rings. The van der Waals surface area contributed by atoms with Crippen LogP contribution in [0.25, 0.3) is 0 Å². The Labute approximate surface area is 174 Å². The molecule has 0 saturated carbocycles. The van der Waals surface area contributed by atoms with Gasteiger partial charge in [0.2, 0.25) is 11.8 Å². The van der Waals surface area contributed by atoms with Crippen LogP contribution in [0.1, 0.15) is 26.2 Å². The fraction of sp³-hybridized carbons (Fsp3) is 0.444. The van der Waals surface area contributed by atoms with Crippen LogP contribution < -0.4 is 5.32 Å². The van der Waals surface area contributed by atoms with Gasteiger partial charge < -0.3 is 10.2 Å². The lowest BCUT2D eigenvalue weighted by Crippen LogP contribution is -2.51. The number of hydrogen-bond donors (Lipinski definition) is 1. The van der Waals surface area contributed by atoms with E-state index in [1.807, 2.05) is 0 Å². The zero-order valence-electron chi connectivity index (χ0n) is 15.3. The van der Waals surface area contributed by atoms with Crippen LogP contribution >= 0.6 is 23.2 Å². The summed E-state index contributed by atoms with van der Waals surface area (Å²) in [5, 5.41) is 2.79. The van der Waals surface area contributed by atoms with Gasteiger partial charge in [0.15, 0.2) is 0 Å². The lowest BCUT2D eigenvalue weighted by Gasteiger charge is -2.34. The second-order valence-corrected chi connectivity index (χ2v) is 9.68. The number of amides is 2. The van der Waals surface area contributed by atoms with E-state index < -0.39 is 22.0 Å². The molecule has 1 fully saturated rings. The predicted molar refractivity (Wildman–Crippen MR) is 106 cm³/mol. The highest BCUT2D eigenvalue weighted by Crippen LogP contribution is 2.29. The molecule has 2 heterocycles. The Kier molecular flexibility index (Phi) is 6.21. The minimum absolute atomic E-state index is 0.0863. The number of likely N-dealkylation sites (tertiary alicyclic amines) is 1. The highest BCUT2D eigenvalue weighted by atomic mass is 35.5. The maximum atomic E-state index is 13.1. The molecule has 3 rings (SSSR count). The largest absolute Gasteiger partial charge is 0.343 e. The van der Waals surface area contributed by atoms with Gasteiger partial charge in [-0.25, -0.2) is 8.42 Å². The van der Waals surface area contributed by atoms with E-state index in [0.717, 1.165) is 17.1 Å². The molecule has 152 valence electrons. The van der Waals surface area contributed by atoms with E-state index in [2.05, 4.69) is 12.2 Å². The van der Waals surface area contributed by atoms with Gasteiger partial charge >= 0.3 is 0 Å². The third-order valence-electron chi connectivity index (χ3n) is 5.03. The Bertz CT molecular complexity index is 911. The molecule has 0 spiro atoms. The number of nitrogens with zero attached hydrogens (tertiary/aromatic N) is 2. The minimum atomic E-state index is -4.10. The summed E-state index contributed by atoms with van der Waals surface area (Å²) >= 11 is 11.8. The number of benzene rings is 1. The highest BCUT2D eigenvalue weighted by Gasteiger charge is 2.38. The van der Waals surface area contributed by atoms with Crippen LogP contribution in [-0.4, -0.2) is 48.6 Å². The van der Waals surface area contributed by atoms with E-state index in [9.17, 15) is 18.0 Å². The van der Waals surface area contributed by atoms with Crippen LogP contribution in [0, 0.1) is 5.92 Å². The maximum absolute atomic E-state index is 13.1. The summed E-state index contributed by atoms with van der Waals surface area (Å²) in [6.07, 6.45) is 4.04. The first kappa shape index (κ1) is 21.0. The highest BCUT2D eigenvalue weighted by molar-refractivity contribution is 7.89. The molecule has 7 nitrogen and oxygen atoms in total. The van der Waals surface area contributed by atoms with Gasteiger partial charge in [0.05, 0.1) is 21.4 Å². The van der Waals surface area contributed by atoms with Crippen LogP contribution in [0.4, 0.5) is 0 Å². The number of sulfonamides is 1. The first-order chi connectivity index (χ1) is 13.2. The summed E-state index contributed by atoms with van der Waals surface area (Å²) in [7, 11) is -4.10. The molecule has 2 amide bonds. The van der Waals surface area contributed by atoms with Crippen molar-refractivity contribution in [2.45, 2.75) is 37.1 Å². The monoisotopic (exact) mass is 445 g/mol. The van der Waals surface area contributed by atoms with Crippen LogP contribution in [-0.2, 0) is 19.6 Å². The van der Waals surface area contributed by atoms with E-state index in [-0.39, 0.29) is 27.3 Å². The van der Waals surface area contributed by atoms with Gasteiger partial charge in [-0.05, 0) is 37.0 Å². The van der Waals surface area contributed by atoms with E-state index in [4.69, 9.17) is 23.2 Å². The van der Waals surface area contributed by atoms with Crippen molar-refractivity contribution in [1.29, 1.82) is 0 Å². The number of carbonyl (C=O) groups is 2.